The molecule has 2 heterocycles. The fourth-order valence-electron chi connectivity index (χ4n) is 4.70. The number of alkyl halides is 2. The van der Waals surface area contributed by atoms with Gasteiger partial charge in [0.15, 0.2) is 6.29 Å². The first-order valence-corrected chi connectivity index (χ1v) is 11.5. The van der Waals surface area contributed by atoms with Gasteiger partial charge in [-0.15, -0.1) is 0 Å². The molecule has 33 heavy (non-hydrogen) atoms. The maximum atomic E-state index is 14.2. The molecular weight excluding hydrogens is 426 g/mol. The Morgan fingerprint density at radius 1 is 1.18 bits per heavy atom. The van der Waals surface area contributed by atoms with Crippen LogP contribution in [0.2, 0.25) is 0 Å². The zero-order valence-electron chi connectivity index (χ0n) is 19.1. The number of aryl methyl sites for hydroxylation is 1. The summed E-state index contributed by atoms with van der Waals surface area (Å²) in [4.78, 5) is 9.32. The second-order valence-corrected chi connectivity index (χ2v) is 9.52. The van der Waals surface area contributed by atoms with Crippen molar-refractivity contribution < 1.29 is 18.3 Å². The third-order valence-electron chi connectivity index (χ3n) is 6.66. The molecule has 2 aromatic rings. The standard InChI is InChI=1S/C25H30F2N4O2/c1-15(31-24(3)9-10-24)13-20-21(23-32-11-12-33-23)22(30-16(2)29-20)28-14-17-5-4-6-19-18(17)7-8-25(19,26)27/h4-6,23,31H,1,7-14H2,2-3H3,(H,28,29,30). The molecule has 2 aliphatic carbocycles. The molecule has 2 fully saturated rings. The van der Waals surface area contributed by atoms with Gasteiger partial charge in [0.2, 0.25) is 0 Å². The quantitative estimate of drug-likeness (QED) is 0.601. The lowest BCUT2D eigenvalue weighted by Gasteiger charge is -2.22. The summed E-state index contributed by atoms with van der Waals surface area (Å²) in [5.74, 6) is -1.53. The summed E-state index contributed by atoms with van der Waals surface area (Å²) in [6, 6.07) is 5.12. The van der Waals surface area contributed by atoms with E-state index in [2.05, 4.69) is 34.1 Å². The maximum Gasteiger partial charge on any atom is 0.273 e. The first-order chi connectivity index (χ1) is 15.7. The predicted octanol–water partition coefficient (Wildman–Crippen LogP) is 4.68. The van der Waals surface area contributed by atoms with Crippen LogP contribution in [0.25, 0.3) is 0 Å². The Bertz CT molecular complexity index is 1080. The Labute approximate surface area is 192 Å². The van der Waals surface area contributed by atoms with Crippen molar-refractivity contribution in [1.82, 2.24) is 15.3 Å². The Balaban J connectivity index is 1.43. The first kappa shape index (κ1) is 22.2. The molecule has 6 nitrogen and oxygen atoms in total. The molecule has 3 aliphatic rings. The highest BCUT2D eigenvalue weighted by atomic mass is 19.3. The Hall–Kier alpha value is -2.58. The number of nitrogens with one attached hydrogen (secondary N) is 2. The van der Waals surface area contributed by atoms with Crippen LogP contribution in [0.3, 0.4) is 0 Å². The fraction of sp³-hybridized carbons (Fsp3) is 0.520. The van der Waals surface area contributed by atoms with Gasteiger partial charge in [0.25, 0.3) is 5.92 Å². The number of fused-ring (bicyclic) bond motifs is 1. The molecule has 0 unspecified atom stereocenters. The lowest BCUT2D eigenvalue weighted by Crippen LogP contribution is -2.28. The van der Waals surface area contributed by atoms with Gasteiger partial charge in [-0.3, -0.25) is 0 Å². The van der Waals surface area contributed by atoms with Gasteiger partial charge in [0.1, 0.15) is 11.6 Å². The SMILES string of the molecule is C=C(Cc1nc(C)nc(NCc2cccc3c2CCC3(F)F)c1C1OCCO1)NC1(C)CC1. The Kier molecular flexibility index (Phi) is 5.61. The molecule has 0 spiro atoms. The van der Waals surface area contributed by atoms with E-state index in [4.69, 9.17) is 9.47 Å². The molecule has 8 heteroatoms. The van der Waals surface area contributed by atoms with Crippen LogP contribution in [0, 0.1) is 6.92 Å². The fourth-order valence-corrected chi connectivity index (χ4v) is 4.70. The number of allylic oxidation sites excluding steroid dienone is 1. The molecule has 0 radical (unpaired) electrons. The van der Waals surface area contributed by atoms with Gasteiger partial charge in [-0.2, -0.15) is 0 Å². The van der Waals surface area contributed by atoms with E-state index in [1.165, 1.54) is 6.07 Å². The number of rotatable bonds is 8. The van der Waals surface area contributed by atoms with Crippen LogP contribution >= 0.6 is 0 Å². The minimum absolute atomic E-state index is 0.122. The van der Waals surface area contributed by atoms with Crippen molar-refractivity contribution in [3.8, 4) is 0 Å². The highest BCUT2D eigenvalue weighted by Gasteiger charge is 2.40. The Morgan fingerprint density at radius 3 is 2.67 bits per heavy atom. The molecular formula is C25H30F2N4O2. The number of aromatic nitrogens is 2. The first-order valence-electron chi connectivity index (χ1n) is 11.5. The summed E-state index contributed by atoms with van der Waals surface area (Å²) in [7, 11) is 0. The van der Waals surface area contributed by atoms with Crippen LogP contribution in [-0.4, -0.2) is 28.7 Å². The van der Waals surface area contributed by atoms with Crippen LogP contribution in [-0.2, 0) is 34.8 Å². The van der Waals surface area contributed by atoms with Crippen molar-refractivity contribution in [2.75, 3.05) is 18.5 Å². The van der Waals surface area contributed by atoms with E-state index >= 15 is 0 Å². The van der Waals surface area contributed by atoms with Gasteiger partial charge in [-0.05, 0) is 44.2 Å². The van der Waals surface area contributed by atoms with Gasteiger partial charge in [0.05, 0.1) is 24.5 Å². The monoisotopic (exact) mass is 456 g/mol. The molecule has 0 amide bonds. The number of halogens is 2. The molecule has 5 rings (SSSR count). The summed E-state index contributed by atoms with van der Waals surface area (Å²) >= 11 is 0. The van der Waals surface area contributed by atoms with Crippen molar-refractivity contribution in [2.45, 2.75) is 70.2 Å². The van der Waals surface area contributed by atoms with Crippen molar-refractivity contribution >= 4 is 5.82 Å². The van der Waals surface area contributed by atoms with Gasteiger partial charge >= 0.3 is 0 Å². The summed E-state index contributed by atoms with van der Waals surface area (Å²) in [6.07, 6.45) is 2.45. The van der Waals surface area contributed by atoms with Gasteiger partial charge < -0.3 is 20.1 Å². The van der Waals surface area contributed by atoms with Crippen molar-refractivity contribution in [1.29, 1.82) is 0 Å². The smallest absolute Gasteiger partial charge is 0.273 e. The van der Waals surface area contributed by atoms with Gasteiger partial charge in [-0.25, -0.2) is 18.7 Å². The number of nitrogens with zero attached hydrogens (tertiary/aromatic N) is 2. The normalized spacial score (nSPS) is 20.5. The van der Waals surface area contributed by atoms with E-state index < -0.39 is 12.2 Å². The lowest BCUT2D eigenvalue weighted by atomic mass is 10.0. The third-order valence-corrected chi connectivity index (χ3v) is 6.66. The molecule has 1 saturated carbocycles. The van der Waals surface area contributed by atoms with Crippen LogP contribution in [0.1, 0.15) is 66.2 Å². The molecule has 1 aromatic carbocycles. The second-order valence-electron chi connectivity index (χ2n) is 9.52. The minimum Gasteiger partial charge on any atom is -0.383 e. The largest absolute Gasteiger partial charge is 0.383 e. The van der Waals surface area contributed by atoms with Gasteiger partial charge in [-0.1, -0.05) is 24.8 Å². The second kappa shape index (κ2) is 8.33. The molecule has 1 aliphatic heterocycles. The molecule has 0 atom stereocenters. The highest BCUT2D eigenvalue weighted by Crippen LogP contribution is 2.43. The lowest BCUT2D eigenvalue weighted by molar-refractivity contribution is -0.0446. The number of ether oxygens (including phenoxy) is 2. The molecule has 1 aromatic heterocycles. The number of hydrogen-bond donors (Lipinski definition) is 2. The Morgan fingerprint density at radius 2 is 1.94 bits per heavy atom. The van der Waals surface area contributed by atoms with Crippen LogP contribution in [0.5, 0.6) is 0 Å². The minimum atomic E-state index is -2.76. The van der Waals surface area contributed by atoms with Crippen molar-refractivity contribution in [3.63, 3.8) is 0 Å². The van der Waals surface area contributed by atoms with Crippen LogP contribution in [0.15, 0.2) is 30.5 Å². The third kappa shape index (κ3) is 4.59. The summed E-state index contributed by atoms with van der Waals surface area (Å²) in [5.41, 5.74) is 4.28. The highest BCUT2D eigenvalue weighted by molar-refractivity contribution is 5.51. The predicted molar refractivity (Wildman–Crippen MR) is 121 cm³/mol. The summed E-state index contributed by atoms with van der Waals surface area (Å²) < 4.78 is 40.1. The molecule has 1 saturated heterocycles. The number of hydrogen-bond acceptors (Lipinski definition) is 6. The van der Waals surface area contributed by atoms with Gasteiger partial charge in [0, 0.05) is 36.2 Å². The molecule has 0 bridgehead atoms. The van der Waals surface area contributed by atoms with Crippen LogP contribution in [0.4, 0.5) is 14.6 Å². The summed E-state index contributed by atoms with van der Waals surface area (Å²) in [6.45, 7) is 9.60. The average molecular weight is 457 g/mol. The van der Waals surface area contributed by atoms with Crippen molar-refractivity contribution in [3.05, 3.63) is 64.2 Å². The van der Waals surface area contributed by atoms with E-state index in [9.17, 15) is 8.78 Å². The number of benzene rings is 1. The van der Waals surface area contributed by atoms with Crippen molar-refractivity contribution in [2.24, 2.45) is 0 Å². The van der Waals surface area contributed by atoms with E-state index in [0.29, 0.717) is 44.2 Å². The zero-order chi connectivity index (χ0) is 23.2. The molecule has 2 N–H and O–H groups in total. The number of anilines is 1. The van der Waals surface area contributed by atoms with E-state index in [-0.39, 0.29) is 17.5 Å². The van der Waals surface area contributed by atoms with Crippen LogP contribution < -0.4 is 10.6 Å². The van der Waals surface area contributed by atoms with E-state index in [1.54, 1.807) is 6.07 Å². The zero-order valence-corrected chi connectivity index (χ0v) is 19.1. The van der Waals surface area contributed by atoms with E-state index in [0.717, 1.165) is 40.9 Å². The topological polar surface area (TPSA) is 68.3 Å². The summed E-state index contributed by atoms with van der Waals surface area (Å²) in [5, 5.41) is 6.87. The maximum absolute atomic E-state index is 14.2. The average Bonchev–Trinajstić information content (AvgIpc) is 3.12. The van der Waals surface area contributed by atoms with E-state index in [1.807, 2.05) is 13.0 Å². The molecule has 176 valence electrons.